The number of rotatable bonds is 7. The minimum Gasteiger partial charge on any atom is -0.393 e. The number of nitrogens with one attached hydrogen (secondary N) is 2. The van der Waals surface area contributed by atoms with Crippen molar-refractivity contribution in [1.82, 2.24) is 19.5 Å². The van der Waals surface area contributed by atoms with E-state index in [1.165, 1.54) is 0 Å². The van der Waals surface area contributed by atoms with Crippen molar-refractivity contribution in [2.75, 3.05) is 17.2 Å². The summed E-state index contributed by atoms with van der Waals surface area (Å²) in [5, 5.41) is 26.7. The maximum Gasteiger partial charge on any atom is 0.224 e. The predicted octanol–water partition coefficient (Wildman–Crippen LogP) is 4.93. The van der Waals surface area contributed by atoms with E-state index in [9.17, 15) is 15.2 Å². The van der Waals surface area contributed by atoms with E-state index in [1.54, 1.807) is 18.3 Å². The molecule has 10 nitrogen and oxygen atoms in total. The van der Waals surface area contributed by atoms with Crippen LogP contribution in [0.5, 0.6) is 0 Å². The van der Waals surface area contributed by atoms with Crippen LogP contribution in [0.1, 0.15) is 63.0 Å². The van der Waals surface area contributed by atoms with Crippen LogP contribution in [0.25, 0.3) is 11.2 Å². The van der Waals surface area contributed by atoms with Crippen molar-refractivity contribution in [2.45, 2.75) is 63.5 Å². The number of hydrogen-bond acceptors (Lipinski definition) is 8. The van der Waals surface area contributed by atoms with Gasteiger partial charge in [-0.15, -0.1) is 0 Å². The molecule has 0 bridgehead atoms. The summed E-state index contributed by atoms with van der Waals surface area (Å²) in [6.45, 7) is 0.589. The highest BCUT2D eigenvalue weighted by Crippen LogP contribution is 2.39. The average Bonchev–Trinajstić information content (AvgIpc) is 3.27. The minimum atomic E-state index is -0.316. The van der Waals surface area contributed by atoms with Crippen molar-refractivity contribution < 1.29 is 9.90 Å². The van der Waals surface area contributed by atoms with Crippen molar-refractivity contribution in [3.8, 4) is 6.07 Å². The van der Waals surface area contributed by atoms with E-state index in [0.717, 1.165) is 38.5 Å². The number of carbonyl (C=O) groups excluding carboxylic acids is 1. The van der Waals surface area contributed by atoms with Crippen LogP contribution in [0.2, 0.25) is 10.0 Å². The van der Waals surface area contributed by atoms with E-state index >= 15 is 0 Å². The van der Waals surface area contributed by atoms with Crippen LogP contribution in [-0.4, -0.2) is 43.2 Å². The molecule has 0 spiro atoms. The third kappa shape index (κ3) is 5.51. The zero-order valence-corrected chi connectivity index (χ0v) is 22.3. The zero-order chi connectivity index (χ0) is 26.8. The smallest absolute Gasteiger partial charge is 0.224 e. The van der Waals surface area contributed by atoms with Gasteiger partial charge < -0.3 is 21.5 Å². The number of nitriles is 1. The van der Waals surface area contributed by atoms with Gasteiger partial charge in [-0.1, -0.05) is 36.0 Å². The summed E-state index contributed by atoms with van der Waals surface area (Å²) >= 11 is 12.9. The van der Waals surface area contributed by atoms with Crippen molar-refractivity contribution >= 4 is 57.9 Å². The van der Waals surface area contributed by atoms with Crippen molar-refractivity contribution in [2.24, 2.45) is 17.6 Å². The van der Waals surface area contributed by atoms with Crippen LogP contribution < -0.4 is 16.4 Å². The van der Waals surface area contributed by atoms with Crippen LogP contribution in [0, 0.1) is 23.2 Å². The Hall–Kier alpha value is -3.13. The molecule has 0 saturated heterocycles. The van der Waals surface area contributed by atoms with Crippen molar-refractivity contribution in [3.63, 3.8) is 0 Å². The zero-order valence-electron chi connectivity index (χ0n) is 20.8. The number of primary amides is 1. The molecule has 2 aliphatic rings. The van der Waals surface area contributed by atoms with Gasteiger partial charge in [0.2, 0.25) is 17.8 Å². The summed E-state index contributed by atoms with van der Waals surface area (Å²) in [7, 11) is 0. The molecule has 38 heavy (non-hydrogen) atoms. The molecule has 2 heterocycles. The van der Waals surface area contributed by atoms with Gasteiger partial charge in [-0.2, -0.15) is 10.2 Å². The number of carbonyl (C=O) groups is 1. The summed E-state index contributed by atoms with van der Waals surface area (Å²) in [5.74, 6) is 0.698. The molecule has 5 rings (SSSR count). The largest absolute Gasteiger partial charge is 0.393 e. The number of hydrogen-bond donors (Lipinski definition) is 4. The van der Waals surface area contributed by atoms with E-state index in [1.807, 2.05) is 10.6 Å². The number of aliphatic hydroxyl groups is 1. The highest BCUT2D eigenvalue weighted by molar-refractivity contribution is 6.39. The van der Waals surface area contributed by atoms with Crippen LogP contribution in [0.15, 0.2) is 18.3 Å². The SMILES string of the molecule is N#Cc1cc(Cl)c(Nc2nc3cnc(NC[C@@H]4CCCC[C@H]4O)nc3n2C2CCC(C(N)=O)CC2)c(Cl)c1. The molecule has 2 atom stereocenters. The van der Waals surface area contributed by atoms with Gasteiger partial charge in [0.05, 0.1) is 39.7 Å². The molecule has 5 N–H and O–H groups in total. The Morgan fingerprint density at radius 1 is 1.13 bits per heavy atom. The highest BCUT2D eigenvalue weighted by Gasteiger charge is 2.30. The van der Waals surface area contributed by atoms with Gasteiger partial charge in [-0.3, -0.25) is 9.36 Å². The lowest BCUT2D eigenvalue weighted by molar-refractivity contribution is -0.122. The molecular weight excluding hydrogens is 527 g/mol. The number of amides is 1. The lowest BCUT2D eigenvalue weighted by atomic mass is 9.85. The number of fused-ring (bicyclic) bond motifs is 1. The second-order valence-corrected chi connectivity index (χ2v) is 11.0. The number of aliphatic hydroxyl groups excluding tert-OH is 1. The number of benzene rings is 1. The first-order valence-corrected chi connectivity index (χ1v) is 13.7. The van der Waals surface area contributed by atoms with E-state index in [2.05, 4.69) is 15.6 Å². The number of halogens is 2. The van der Waals surface area contributed by atoms with E-state index in [-0.39, 0.29) is 29.9 Å². The maximum absolute atomic E-state index is 11.8. The molecular formula is C26H30Cl2N8O2. The lowest BCUT2D eigenvalue weighted by Crippen LogP contribution is -2.30. The van der Waals surface area contributed by atoms with E-state index in [0.29, 0.717) is 63.7 Å². The standard InChI is InChI=1S/C26H30Cl2N8O2/c27-18-9-14(11-29)10-19(28)22(18)34-26-33-20-13-32-25(31-12-16-3-1-2-4-21(16)37)35-24(20)36(26)17-7-5-15(6-8-17)23(30)38/h9-10,13,15-17,21,37H,1-8,12H2,(H2,30,38)(H,33,34)(H,31,32,35)/t15?,16-,17?,21+/m0/s1. The molecule has 2 fully saturated rings. The molecule has 2 aromatic heterocycles. The van der Waals surface area contributed by atoms with Crippen LogP contribution >= 0.6 is 23.2 Å². The van der Waals surface area contributed by atoms with Crippen molar-refractivity contribution in [1.29, 1.82) is 5.26 Å². The topological polar surface area (TPSA) is 155 Å². The predicted molar refractivity (Wildman–Crippen MR) is 146 cm³/mol. The Bertz CT molecular complexity index is 1360. The van der Waals surface area contributed by atoms with Gasteiger partial charge >= 0.3 is 0 Å². The van der Waals surface area contributed by atoms with Gasteiger partial charge in [-0.25, -0.2) is 9.97 Å². The Labute approximate surface area is 230 Å². The second-order valence-electron chi connectivity index (χ2n) is 10.2. The van der Waals surface area contributed by atoms with Gasteiger partial charge in [0.15, 0.2) is 5.65 Å². The molecule has 2 saturated carbocycles. The summed E-state index contributed by atoms with van der Waals surface area (Å²) in [6, 6.07) is 5.14. The lowest BCUT2D eigenvalue weighted by Gasteiger charge is -2.29. The number of anilines is 3. The third-order valence-corrected chi connectivity index (χ3v) is 8.29. The monoisotopic (exact) mass is 556 g/mol. The first-order chi connectivity index (χ1) is 18.3. The number of nitrogens with two attached hydrogens (primary N) is 1. The molecule has 0 aliphatic heterocycles. The van der Waals surface area contributed by atoms with E-state index < -0.39 is 0 Å². The molecule has 0 unspecified atom stereocenters. The fourth-order valence-corrected chi connectivity index (χ4v) is 6.13. The van der Waals surface area contributed by atoms with Crippen LogP contribution in [-0.2, 0) is 4.79 Å². The number of nitrogens with zero attached hydrogens (tertiary/aromatic N) is 5. The van der Waals surface area contributed by atoms with Crippen LogP contribution in [0.3, 0.4) is 0 Å². The van der Waals surface area contributed by atoms with Crippen LogP contribution in [0.4, 0.5) is 17.6 Å². The third-order valence-electron chi connectivity index (χ3n) is 7.70. The first kappa shape index (κ1) is 26.5. The molecule has 2 aliphatic carbocycles. The molecule has 1 aromatic carbocycles. The summed E-state index contributed by atoms with van der Waals surface area (Å²) in [4.78, 5) is 25.8. The molecule has 200 valence electrons. The van der Waals surface area contributed by atoms with Gasteiger partial charge in [0.1, 0.15) is 5.52 Å². The number of aromatic nitrogens is 4. The Balaban J connectivity index is 1.48. The molecule has 3 aromatic rings. The average molecular weight is 557 g/mol. The fraction of sp³-hybridized carbons (Fsp3) is 0.500. The fourth-order valence-electron chi connectivity index (χ4n) is 5.55. The normalized spacial score (nSPS) is 23.6. The Kier molecular flexibility index (Phi) is 7.88. The quantitative estimate of drug-likeness (QED) is 0.319. The minimum absolute atomic E-state index is 0.0111. The van der Waals surface area contributed by atoms with Gasteiger partial charge in [-0.05, 0) is 50.7 Å². The Morgan fingerprint density at radius 3 is 2.50 bits per heavy atom. The molecule has 0 radical (unpaired) electrons. The van der Waals surface area contributed by atoms with Gasteiger partial charge in [0.25, 0.3) is 0 Å². The molecule has 12 heteroatoms. The maximum atomic E-state index is 11.8. The summed E-state index contributed by atoms with van der Waals surface area (Å²) in [6.07, 6.45) is 8.11. The van der Waals surface area contributed by atoms with Gasteiger partial charge in [0, 0.05) is 24.4 Å². The Morgan fingerprint density at radius 2 is 1.84 bits per heavy atom. The highest BCUT2D eigenvalue weighted by atomic mass is 35.5. The summed E-state index contributed by atoms with van der Waals surface area (Å²) in [5.41, 5.74) is 7.59. The first-order valence-electron chi connectivity index (χ1n) is 13.0. The van der Waals surface area contributed by atoms with Crippen molar-refractivity contribution in [3.05, 3.63) is 33.9 Å². The second kappa shape index (κ2) is 11.3. The molecule has 1 amide bonds. The number of imidazole rings is 1. The summed E-state index contributed by atoms with van der Waals surface area (Å²) < 4.78 is 2.01. The van der Waals surface area contributed by atoms with E-state index in [4.69, 9.17) is 38.9 Å².